The zero-order valence-corrected chi connectivity index (χ0v) is 24.1. The van der Waals surface area contributed by atoms with Gasteiger partial charge in [0.2, 0.25) is 0 Å². The van der Waals surface area contributed by atoms with Gasteiger partial charge in [-0.2, -0.15) is 5.10 Å². The number of carbonyl (C=O) groups excluding carboxylic acids is 1. The Hall–Kier alpha value is -4.37. The van der Waals surface area contributed by atoms with Crippen LogP contribution >= 0.6 is 34.5 Å². The van der Waals surface area contributed by atoms with Crippen molar-refractivity contribution in [1.29, 1.82) is 0 Å². The number of carbonyl (C=O) groups is 1. The molecule has 0 atom stereocenters. The molecule has 2 N–H and O–H groups in total. The summed E-state index contributed by atoms with van der Waals surface area (Å²) >= 11 is 13.7. The normalized spacial score (nSPS) is 10.9. The molecule has 5 rings (SSSR count). The Labute approximate surface area is 251 Å². The minimum Gasteiger partial charge on any atom is -0.493 e. The van der Waals surface area contributed by atoms with Crippen LogP contribution in [0.5, 0.6) is 11.5 Å². The van der Waals surface area contributed by atoms with E-state index < -0.39 is 0 Å². The molecule has 0 fully saturated rings. The molecule has 0 unspecified atom stereocenters. The quantitative estimate of drug-likeness (QED) is 0.124. The van der Waals surface area contributed by atoms with Crippen molar-refractivity contribution >= 4 is 57.5 Å². The van der Waals surface area contributed by atoms with Gasteiger partial charge in [0.1, 0.15) is 6.61 Å². The van der Waals surface area contributed by atoms with Crippen molar-refractivity contribution in [3.05, 3.63) is 123 Å². The first-order valence-corrected chi connectivity index (χ1v) is 14.1. The smallest absolute Gasteiger partial charge is 0.271 e. The average molecular weight is 604 g/mol. The van der Waals surface area contributed by atoms with Gasteiger partial charge in [-0.1, -0.05) is 59.6 Å². The van der Waals surface area contributed by atoms with Crippen LogP contribution < -0.4 is 20.2 Å². The van der Waals surface area contributed by atoms with Crippen LogP contribution in [0.25, 0.3) is 11.3 Å². The minimum atomic E-state index is -0.329. The molecule has 0 spiro atoms. The molecule has 0 radical (unpaired) electrons. The van der Waals surface area contributed by atoms with Gasteiger partial charge >= 0.3 is 0 Å². The largest absolute Gasteiger partial charge is 0.493 e. The first-order valence-electron chi connectivity index (χ1n) is 12.4. The van der Waals surface area contributed by atoms with Gasteiger partial charge < -0.3 is 14.8 Å². The zero-order chi connectivity index (χ0) is 28.6. The molecule has 4 aromatic carbocycles. The van der Waals surface area contributed by atoms with Crippen molar-refractivity contribution in [2.45, 2.75) is 6.61 Å². The van der Waals surface area contributed by atoms with Gasteiger partial charge in [-0.05, 0) is 60.2 Å². The Balaban J connectivity index is 1.16. The lowest BCUT2D eigenvalue weighted by atomic mass is 10.1. The van der Waals surface area contributed by atoms with Crippen LogP contribution in [-0.4, -0.2) is 24.2 Å². The number of para-hydroxylation sites is 1. The number of methoxy groups -OCH3 is 1. The minimum absolute atomic E-state index is 0.253. The van der Waals surface area contributed by atoms with Gasteiger partial charge in [0.25, 0.3) is 5.91 Å². The number of rotatable bonds is 10. The molecule has 7 nitrogen and oxygen atoms in total. The van der Waals surface area contributed by atoms with Crippen LogP contribution in [0, 0.1) is 0 Å². The van der Waals surface area contributed by atoms with Gasteiger partial charge in [0.15, 0.2) is 16.6 Å². The number of ether oxygens (including phenoxy) is 2. The van der Waals surface area contributed by atoms with Gasteiger partial charge in [-0.25, -0.2) is 10.4 Å². The molecule has 0 saturated heterocycles. The maximum atomic E-state index is 12.6. The van der Waals surface area contributed by atoms with Crippen molar-refractivity contribution in [3.63, 3.8) is 0 Å². The molecule has 41 heavy (non-hydrogen) atoms. The fraction of sp³-hybridized carbons (Fsp3) is 0.0645. The van der Waals surface area contributed by atoms with Crippen LogP contribution in [0.4, 0.5) is 10.8 Å². The number of hydrogen-bond donors (Lipinski definition) is 2. The second kappa shape index (κ2) is 13.3. The highest BCUT2D eigenvalue weighted by atomic mass is 35.5. The second-order valence-electron chi connectivity index (χ2n) is 8.74. The predicted octanol–water partition coefficient (Wildman–Crippen LogP) is 8.21. The second-order valence-corrected chi connectivity index (χ2v) is 10.4. The van der Waals surface area contributed by atoms with Crippen molar-refractivity contribution < 1.29 is 14.3 Å². The predicted molar refractivity (Wildman–Crippen MR) is 166 cm³/mol. The summed E-state index contributed by atoms with van der Waals surface area (Å²) in [5.74, 6) is 0.734. The SMILES string of the molecule is COc1cc(/C=N\NC(=O)c2ccc(-c3csc(Nc4ccccc4)n3)cc2)ccc1OCc1ccc(Cl)cc1Cl. The van der Waals surface area contributed by atoms with Crippen molar-refractivity contribution in [2.75, 3.05) is 12.4 Å². The highest BCUT2D eigenvalue weighted by molar-refractivity contribution is 7.14. The van der Waals surface area contributed by atoms with E-state index in [4.69, 9.17) is 32.7 Å². The molecule has 1 heterocycles. The Kier molecular flexibility index (Phi) is 9.15. The first kappa shape index (κ1) is 28.2. The van der Waals surface area contributed by atoms with E-state index in [1.54, 1.807) is 49.6 Å². The lowest BCUT2D eigenvalue weighted by Crippen LogP contribution is -2.17. The van der Waals surface area contributed by atoms with Gasteiger partial charge in [0, 0.05) is 37.8 Å². The molecule has 206 valence electrons. The number of hydrogen-bond acceptors (Lipinski definition) is 7. The van der Waals surface area contributed by atoms with Crippen LogP contribution in [0.1, 0.15) is 21.5 Å². The van der Waals surface area contributed by atoms with E-state index in [0.29, 0.717) is 27.1 Å². The van der Waals surface area contributed by atoms with E-state index >= 15 is 0 Å². The third-order valence-corrected chi connectivity index (χ3v) is 7.28. The van der Waals surface area contributed by atoms with E-state index in [0.717, 1.165) is 33.2 Å². The molecular weight excluding hydrogens is 579 g/mol. The summed E-state index contributed by atoms with van der Waals surface area (Å²) in [6.45, 7) is 0.253. The number of halogens is 2. The number of benzene rings is 4. The number of thiazole rings is 1. The standard InChI is InChI=1S/C31H24Cl2N4O3S/c1-39-29-15-20(7-14-28(29)40-18-23-12-13-24(32)16-26(23)33)17-34-37-30(38)22-10-8-21(9-11-22)27-19-41-31(36-27)35-25-5-3-2-4-6-25/h2-17,19H,18H2,1H3,(H,35,36)(H,37,38)/b34-17-. The van der Waals surface area contributed by atoms with Crippen molar-refractivity contribution in [1.82, 2.24) is 10.4 Å². The molecule has 0 aliphatic heterocycles. The Bertz CT molecular complexity index is 1680. The van der Waals surface area contributed by atoms with E-state index in [1.165, 1.54) is 17.6 Å². The third-order valence-electron chi connectivity index (χ3n) is 5.94. The summed E-state index contributed by atoms with van der Waals surface area (Å²) in [4.78, 5) is 17.3. The number of nitrogens with zero attached hydrogens (tertiary/aromatic N) is 2. The summed E-state index contributed by atoms with van der Waals surface area (Å²) in [5, 5.41) is 11.2. The number of aromatic nitrogens is 1. The maximum absolute atomic E-state index is 12.6. The fourth-order valence-electron chi connectivity index (χ4n) is 3.81. The van der Waals surface area contributed by atoms with Crippen molar-refractivity contribution in [2.24, 2.45) is 5.10 Å². The monoisotopic (exact) mass is 602 g/mol. The molecule has 5 aromatic rings. The molecule has 1 amide bonds. The molecule has 0 aliphatic rings. The summed E-state index contributed by atoms with van der Waals surface area (Å²) in [5.41, 5.74) is 7.27. The molecule has 1 aromatic heterocycles. The first-order chi connectivity index (χ1) is 20.0. The Morgan fingerprint density at radius 2 is 1.78 bits per heavy atom. The van der Waals surface area contributed by atoms with Crippen molar-refractivity contribution in [3.8, 4) is 22.8 Å². The zero-order valence-electron chi connectivity index (χ0n) is 21.8. The van der Waals surface area contributed by atoms with Gasteiger partial charge in [-0.15, -0.1) is 11.3 Å². The number of amides is 1. The topological polar surface area (TPSA) is 84.8 Å². The number of hydrazone groups is 1. The van der Waals surface area contributed by atoms with Crippen LogP contribution in [0.15, 0.2) is 101 Å². The third kappa shape index (κ3) is 7.43. The van der Waals surface area contributed by atoms with Crippen LogP contribution in [-0.2, 0) is 6.61 Å². The highest BCUT2D eigenvalue weighted by Gasteiger charge is 2.10. The lowest BCUT2D eigenvalue weighted by molar-refractivity contribution is 0.0955. The van der Waals surface area contributed by atoms with E-state index in [-0.39, 0.29) is 12.5 Å². The van der Waals surface area contributed by atoms with E-state index in [2.05, 4.69) is 20.8 Å². The molecule has 10 heteroatoms. The Morgan fingerprint density at radius 3 is 2.54 bits per heavy atom. The summed E-state index contributed by atoms with van der Waals surface area (Å²) < 4.78 is 11.3. The molecule has 0 aliphatic carbocycles. The average Bonchev–Trinajstić information content (AvgIpc) is 3.46. The maximum Gasteiger partial charge on any atom is 0.271 e. The molecule has 0 bridgehead atoms. The van der Waals surface area contributed by atoms with Crippen LogP contribution in [0.3, 0.4) is 0 Å². The lowest BCUT2D eigenvalue weighted by Gasteiger charge is -2.12. The van der Waals surface area contributed by atoms with Gasteiger partial charge in [-0.3, -0.25) is 4.79 Å². The molecule has 0 saturated carbocycles. The van der Waals surface area contributed by atoms with Crippen LogP contribution in [0.2, 0.25) is 10.0 Å². The summed E-state index contributed by atoms with van der Waals surface area (Å²) in [6.07, 6.45) is 1.53. The Morgan fingerprint density at radius 1 is 0.976 bits per heavy atom. The summed E-state index contributed by atoms with van der Waals surface area (Å²) in [7, 11) is 1.55. The van der Waals surface area contributed by atoms with E-state index in [1.807, 2.05) is 53.9 Å². The number of nitrogens with one attached hydrogen (secondary N) is 2. The van der Waals surface area contributed by atoms with E-state index in [9.17, 15) is 4.79 Å². The number of anilines is 2. The summed E-state index contributed by atoms with van der Waals surface area (Å²) in [6, 6.07) is 27.7. The fourth-order valence-corrected chi connectivity index (χ4v) is 5.01. The highest BCUT2D eigenvalue weighted by Crippen LogP contribution is 2.30. The van der Waals surface area contributed by atoms with Gasteiger partial charge in [0.05, 0.1) is 19.0 Å². The molecular formula is C31H24Cl2N4O3S.